The highest BCUT2D eigenvalue weighted by Gasteiger charge is 2.34. The highest BCUT2D eigenvalue weighted by molar-refractivity contribution is 5.85. The molecule has 4 rings (SSSR count). The lowest BCUT2D eigenvalue weighted by atomic mass is 9.74. The number of halogens is 2. The molecule has 2 aromatic carbocycles. The van der Waals surface area contributed by atoms with E-state index in [1.807, 2.05) is 0 Å². The molecule has 1 heterocycles. The minimum absolute atomic E-state index is 0. The minimum atomic E-state index is -0.165. The first-order chi connectivity index (χ1) is 12.2. The summed E-state index contributed by atoms with van der Waals surface area (Å²) in [7, 11) is 0. The molecule has 2 aromatic rings. The van der Waals surface area contributed by atoms with Crippen molar-refractivity contribution in [3.05, 3.63) is 48.0 Å². The van der Waals surface area contributed by atoms with Gasteiger partial charge in [-0.3, -0.25) is 0 Å². The smallest absolute Gasteiger partial charge is 0.0574 e. The first-order valence-electron chi connectivity index (χ1n) is 9.85. The number of nitrogens with zero attached hydrogens (tertiary/aromatic N) is 1. The van der Waals surface area contributed by atoms with E-state index < -0.39 is 0 Å². The molecule has 0 bridgehead atoms. The third-order valence-corrected chi connectivity index (χ3v) is 6.26. The monoisotopic (exact) mass is 410 g/mol. The van der Waals surface area contributed by atoms with Gasteiger partial charge in [0.25, 0.3) is 0 Å². The maximum Gasteiger partial charge on any atom is 0.0574 e. The maximum absolute atomic E-state index is 10.7. The van der Waals surface area contributed by atoms with Crippen LogP contribution in [-0.2, 0) is 0 Å². The molecule has 0 aromatic heterocycles. The van der Waals surface area contributed by atoms with Crippen molar-refractivity contribution in [2.45, 2.75) is 50.2 Å². The molecule has 1 saturated heterocycles. The van der Waals surface area contributed by atoms with Crippen molar-refractivity contribution in [2.24, 2.45) is 11.7 Å². The van der Waals surface area contributed by atoms with Crippen LogP contribution in [0.1, 0.15) is 43.6 Å². The Bertz CT molecular complexity index is 726. The van der Waals surface area contributed by atoms with Gasteiger partial charge < -0.3 is 15.7 Å². The zero-order chi connectivity index (χ0) is 17.2. The quantitative estimate of drug-likeness (QED) is 0.787. The van der Waals surface area contributed by atoms with Crippen LogP contribution in [-0.4, -0.2) is 41.8 Å². The van der Waals surface area contributed by atoms with E-state index >= 15 is 0 Å². The van der Waals surface area contributed by atoms with E-state index in [1.165, 1.54) is 22.8 Å². The molecule has 1 aliphatic carbocycles. The third-order valence-electron chi connectivity index (χ3n) is 6.26. The van der Waals surface area contributed by atoms with Crippen molar-refractivity contribution >= 4 is 35.6 Å². The van der Waals surface area contributed by atoms with Gasteiger partial charge in [0.15, 0.2) is 0 Å². The molecule has 2 fully saturated rings. The van der Waals surface area contributed by atoms with E-state index in [9.17, 15) is 5.11 Å². The van der Waals surface area contributed by atoms with Crippen molar-refractivity contribution in [1.29, 1.82) is 0 Å². The van der Waals surface area contributed by atoms with Crippen LogP contribution in [0.5, 0.6) is 0 Å². The molecule has 3 unspecified atom stereocenters. The Morgan fingerprint density at radius 1 is 1.00 bits per heavy atom. The van der Waals surface area contributed by atoms with Gasteiger partial charge in [0, 0.05) is 25.0 Å². The maximum atomic E-state index is 10.7. The molecule has 3 N–H and O–H groups in total. The molecule has 1 saturated carbocycles. The standard InChI is InChI=1S/C22H30N2O.2ClH/c23-19-11-12-24(14-19)15-21(20-7-3-4-8-22(20)25)18-10-9-16-5-1-2-6-17(16)13-18;;/h1-2,5-6,9-10,13,19-22,25H,3-4,7-8,11-12,14-15,23H2;2*1H/t19-,20?,21?,22?;;/m1../s1. The van der Waals surface area contributed by atoms with Crippen LogP contribution in [0.3, 0.4) is 0 Å². The van der Waals surface area contributed by atoms with E-state index in [-0.39, 0.29) is 30.9 Å². The molecule has 0 amide bonds. The lowest BCUT2D eigenvalue weighted by Gasteiger charge is -2.37. The van der Waals surface area contributed by atoms with E-state index in [4.69, 9.17) is 5.73 Å². The molecule has 1 aliphatic heterocycles. The molecule has 0 radical (unpaired) electrons. The first kappa shape index (κ1) is 22.4. The van der Waals surface area contributed by atoms with Crippen LogP contribution in [0, 0.1) is 5.92 Å². The summed E-state index contributed by atoms with van der Waals surface area (Å²) in [6, 6.07) is 15.7. The predicted octanol–water partition coefficient (Wildman–Crippen LogP) is 4.35. The summed E-state index contributed by atoms with van der Waals surface area (Å²) in [6.07, 6.45) is 5.42. The Balaban J connectivity index is 0.00000131. The summed E-state index contributed by atoms with van der Waals surface area (Å²) in [4.78, 5) is 2.51. The SMILES string of the molecule is Cl.Cl.N[C@@H]1CCN(CC(c2ccc3ccccc3c2)C2CCCCC2O)C1. The highest BCUT2D eigenvalue weighted by Crippen LogP contribution is 2.38. The van der Waals surface area contributed by atoms with Gasteiger partial charge in [-0.05, 0) is 48.1 Å². The fraction of sp³-hybridized carbons (Fsp3) is 0.545. The Hall–Kier alpha value is -0.840. The third kappa shape index (κ3) is 5.16. The Morgan fingerprint density at radius 3 is 2.44 bits per heavy atom. The van der Waals surface area contributed by atoms with Crippen molar-refractivity contribution in [2.75, 3.05) is 19.6 Å². The second-order valence-corrected chi connectivity index (χ2v) is 8.04. The predicted molar refractivity (Wildman–Crippen MR) is 118 cm³/mol. The zero-order valence-electron chi connectivity index (χ0n) is 15.8. The lowest BCUT2D eigenvalue weighted by molar-refractivity contribution is 0.0476. The van der Waals surface area contributed by atoms with Crippen LogP contribution >= 0.6 is 24.8 Å². The normalized spacial score (nSPS) is 27.0. The van der Waals surface area contributed by atoms with Gasteiger partial charge in [0.2, 0.25) is 0 Å². The van der Waals surface area contributed by atoms with Crippen molar-refractivity contribution < 1.29 is 5.11 Å². The Labute approximate surface area is 175 Å². The van der Waals surface area contributed by atoms with Crippen LogP contribution in [0.25, 0.3) is 10.8 Å². The molecule has 150 valence electrons. The van der Waals surface area contributed by atoms with Crippen LogP contribution < -0.4 is 5.73 Å². The number of rotatable bonds is 4. The zero-order valence-corrected chi connectivity index (χ0v) is 17.4. The van der Waals surface area contributed by atoms with Crippen molar-refractivity contribution in [3.63, 3.8) is 0 Å². The fourth-order valence-electron chi connectivity index (χ4n) is 4.84. The second kappa shape index (κ2) is 10.1. The van der Waals surface area contributed by atoms with Gasteiger partial charge in [-0.1, -0.05) is 55.3 Å². The molecule has 4 atom stereocenters. The fourth-order valence-corrected chi connectivity index (χ4v) is 4.84. The van der Waals surface area contributed by atoms with E-state index in [1.54, 1.807) is 0 Å². The first-order valence-corrected chi connectivity index (χ1v) is 9.85. The second-order valence-electron chi connectivity index (χ2n) is 8.04. The molecule has 27 heavy (non-hydrogen) atoms. The van der Waals surface area contributed by atoms with Crippen LogP contribution in [0.2, 0.25) is 0 Å². The lowest BCUT2D eigenvalue weighted by Crippen LogP contribution is -2.37. The topological polar surface area (TPSA) is 49.5 Å². The van der Waals surface area contributed by atoms with Gasteiger partial charge in [-0.15, -0.1) is 24.8 Å². The number of nitrogens with two attached hydrogens (primary N) is 1. The number of benzene rings is 2. The molecule has 0 spiro atoms. The number of fused-ring (bicyclic) bond motifs is 1. The number of aliphatic hydroxyl groups excluding tert-OH is 1. The summed E-state index contributed by atoms with van der Waals surface area (Å²) in [5.41, 5.74) is 7.51. The molecule has 3 nitrogen and oxygen atoms in total. The summed E-state index contributed by atoms with van der Waals surface area (Å²) in [6.45, 7) is 3.11. The van der Waals surface area contributed by atoms with Gasteiger partial charge in [-0.2, -0.15) is 0 Å². The molecular formula is C22H32Cl2N2O. The Morgan fingerprint density at radius 2 is 1.74 bits per heavy atom. The van der Waals surface area contributed by atoms with E-state index in [0.717, 1.165) is 45.3 Å². The molecule has 5 heteroatoms. The van der Waals surface area contributed by atoms with Gasteiger partial charge in [0.05, 0.1) is 6.10 Å². The van der Waals surface area contributed by atoms with Crippen molar-refractivity contribution in [3.8, 4) is 0 Å². The number of likely N-dealkylation sites (tertiary alicyclic amines) is 1. The minimum Gasteiger partial charge on any atom is -0.393 e. The number of hydrogen-bond donors (Lipinski definition) is 2. The van der Waals surface area contributed by atoms with Gasteiger partial charge in [0.1, 0.15) is 0 Å². The molecule has 2 aliphatic rings. The van der Waals surface area contributed by atoms with Gasteiger partial charge >= 0.3 is 0 Å². The number of aliphatic hydroxyl groups is 1. The average molecular weight is 411 g/mol. The van der Waals surface area contributed by atoms with Crippen LogP contribution in [0.4, 0.5) is 0 Å². The highest BCUT2D eigenvalue weighted by atomic mass is 35.5. The van der Waals surface area contributed by atoms with Gasteiger partial charge in [-0.25, -0.2) is 0 Å². The number of hydrogen-bond acceptors (Lipinski definition) is 3. The summed E-state index contributed by atoms with van der Waals surface area (Å²) < 4.78 is 0. The average Bonchev–Trinajstić information content (AvgIpc) is 3.05. The van der Waals surface area contributed by atoms with E-state index in [0.29, 0.717) is 17.9 Å². The molecular weight excluding hydrogens is 379 g/mol. The summed E-state index contributed by atoms with van der Waals surface area (Å²) in [5.74, 6) is 0.761. The van der Waals surface area contributed by atoms with E-state index in [2.05, 4.69) is 47.4 Å². The van der Waals surface area contributed by atoms with Crippen molar-refractivity contribution in [1.82, 2.24) is 4.90 Å². The largest absolute Gasteiger partial charge is 0.393 e. The Kier molecular flexibility index (Phi) is 8.39. The van der Waals surface area contributed by atoms with Crippen LogP contribution in [0.15, 0.2) is 42.5 Å². The summed E-state index contributed by atoms with van der Waals surface area (Å²) >= 11 is 0. The summed E-state index contributed by atoms with van der Waals surface area (Å²) in [5, 5.41) is 13.3.